The average Bonchev–Trinajstić information content (AvgIpc) is 3.01. The molecule has 0 heterocycles. The summed E-state index contributed by atoms with van der Waals surface area (Å²) in [5, 5.41) is 3.88. The number of hydrogen-bond acceptors (Lipinski definition) is 1. The van der Waals surface area contributed by atoms with E-state index in [1.807, 2.05) is 6.07 Å². The van der Waals surface area contributed by atoms with Crippen LogP contribution in [0.2, 0.25) is 5.02 Å². The summed E-state index contributed by atoms with van der Waals surface area (Å²) >= 11 is 6.08. The van der Waals surface area contributed by atoms with Gasteiger partial charge in [-0.05, 0) is 61.6 Å². The molecule has 2 fully saturated rings. The van der Waals surface area contributed by atoms with Crippen LogP contribution in [-0.4, -0.2) is 12.6 Å². The zero-order valence-corrected chi connectivity index (χ0v) is 12.1. The zero-order chi connectivity index (χ0) is 13.4. The summed E-state index contributed by atoms with van der Waals surface area (Å²) in [6.45, 7) is 3.10. The Morgan fingerprint density at radius 1 is 1.32 bits per heavy atom. The first-order chi connectivity index (χ1) is 9.19. The SMILES string of the molecule is CCNC(Cc1cccc(F)c1Cl)C1CC2CC2C1. The highest BCUT2D eigenvalue weighted by Gasteiger charge is 2.47. The van der Waals surface area contributed by atoms with Gasteiger partial charge in [0.1, 0.15) is 5.82 Å². The van der Waals surface area contributed by atoms with Crippen molar-refractivity contribution in [3.8, 4) is 0 Å². The van der Waals surface area contributed by atoms with Crippen LogP contribution in [0, 0.1) is 23.6 Å². The van der Waals surface area contributed by atoms with Gasteiger partial charge in [0.15, 0.2) is 0 Å². The van der Waals surface area contributed by atoms with Gasteiger partial charge in [0, 0.05) is 6.04 Å². The molecule has 1 aromatic rings. The lowest BCUT2D eigenvalue weighted by Gasteiger charge is -2.26. The summed E-state index contributed by atoms with van der Waals surface area (Å²) in [5.74, 6) is 2.40. The Morgan fingerprint density at radius 2 is 2.05 bits per heavy atom. The maximum Gasteiger partial charge on any atom is 0.142 e. The Bertz CT molecular complexity index is 452. The van der Waals surface area contributed by atoms with Gasteiger partial charge in [0.05, 0.1) is 5.02 Å². The van der Waals surface area contributed by atoms with Gasteiger partial charge in [0.25, 0.3) is 0 Å². The molecular weight excluding hydrogens is 261 g/mol. The van der Waals surface area contributed by atoms with Crippen molar-refractivity contribution < 1.29 is 4.39 Å². The summed E-state index contributed by atoms with van der Waals surface area (Å²) in [5.41, 5.74) is 0.938. The third-order valence-electron chi connectivity index (χ3n) is 4.79. The van der Waals surface area contributed by atoms with Crippen LogP contribution in [0.25, 0.3) is 0 Å². The summed E-state index contributed by atoms with van der Waals surface area (Å²) < 4.78 is 13.5. The van der Waals surface area contributed by atoms with Crippen LogP contribution in [0.15, 0.2) is 18.2 Å². The normalized spacial score (nSPS) is 30.2. The van der Waals surface area contributed by atoms with Gasteiger partial charge in [0.2, 0.25) is 0 Å². The van der Waals surface area contributed by atoms with Crippen LogP contribution in [-0.2, 0) is 6.42 Å². The summed E-state index contributed by atoms with van der Waals surface area (Å²) in [7, 11) is 0. The number of benzene rings is 1. The fourth-order valence-corrected chi connectivity index (χ4v) is 3.90. The lowest BCUT2D eigenvalue weighted by atomic mass is 9.89. The van der Waals surface area contributed by atoms with Crippen LogP contribution in [0.3, 0.4) is 0 Å². The largest absolute Gasteiger partial charge is 0.314 e. The Morgan fingerprint density at radius 3 is 2.74 bits per heavy atom. The van der Waals surface area contributed by atoms with Crippen molar-refractivity contribution in [2.45, 2.75) is 38.6 Å². The highest BCUT2D eigenvalue weighted by molar-refractivity contribution is 6.31. The predicted molar refractivity (Wildman–Crippen MR) is 76.9 cm³/mol. The fraction of sp³-hybridized carbons (Fsp3) is 0.625. The molecule has 1 aromatic carbocycles. The molecular formula is C16H21ClFN. The molecule has 0 aromatic heterocycles. The molecule has 1 N–H and O–H groups in total. The minimum Gasteiger partial charge on any atom is -0.314 e. The monoisotopic (exact) mass is 281 g/mol. The van der Waals surface area contributed by atoms with Crippen LogP contribution in [0.5, 0.6) is 0 Å². The maximum atomic E-state index is 13.5. The van der Waals surface area contributed by atoms with Crippen molar-refractivity contribution in [1.29, 1.82) is 0 Å². The maximum absolute atomic E-state index is 13.5. The number of fused-ring (bicyclic) bond motifs is 1. The molecule has 3 rings (SSSR count). The van der Waals surface area contributed by atoms with Gasteiger partial charge in [-0.3, -0.25) is 0 Å². The predicted octanol–water partition coefficient (Wildman–Crippen LogP) is 4.05. The average molecular weight is 282 g/mol. The molecule has 0 bridgehead atoms. The summed E-state index contributed by atoms with van der Waals surface area (Å²) in [4.78, 5) is 0. The topological polar surface area (TPSA) is 12.0 Å². The third kappa shape index (κ3) is 2.80. The van der Waals surface area contributed by atoms with Crippen LogP contribution in [0.1, 0.15) is 31.7 Å². The van der Waals surface area contributed by atoms with E-state index in [1.54, 1.807) is 6.07 Å². The van der Waals surface area contributed by atoms with Gasteiger partial charge < -0.3 is 5.32 Å². The number of rotatable bonds is 5. The standard InChI is InChI=1S/C16H21ClFN/c1-2-19-15(13-7-11-6-12(11)8-13)9-10-4-3-5-14(18)16(10)17/h3-5,11-13,15,19H,2,6-9H2,1H3. The van der Waals surface area contributed by atoms with E-state index in [0.29, 0.717) is 11.1 Å². The minimum atomic E-state index is -0.302. The van der Waals surface area contributed by atoms with Gasteiger partial charge in [-0.1, -0.05) is 30.7 Å². The number of halogens is 2. The molecule has 3 heteroatoms. The van der Waals surface area contributed by atoms with Crippen LogP contribution >= 0.6 is 11.6 Å². The second-order valence-corrected chi connectivity index (χ2v) is 6.45. The highest BCUT2D eigenvalue weighted by Crippen LogP contribution is 2.55. The van der Waals surface area contributed by atoms with Crippen molar-refractivity contribution in [3.05, 3.63) is 34.6 Å². The van der Waals surface area contributed by atoms with Crippen molar-refractivity contribution >= 4 is 11.6 Å². The molecule has 2 aliphatic rings. The summed E-state index contributed by atoms with van der Waals surface area (Å²) in [6.07, 6.45) is 4.97. The minimum absolute atomic E-state index is 0.300. The third-order valence-corrected chi connectivity index (χ3v) is 5.21. The molecule has 3 unspecified atom stereocenters. The summed E-state index contributed by atoms with van der Waals surface area (Å²) in [6, 6.07) is 5.58. The van der Waals surface area contributed by atoms with E-state index in [-0.39, 0.29) is 5.82 Å². The molecule has 104 valence electrons. The number of nitrogens with one attached hydrogen (secondary N) is 1. The van der Waals surface area contributed by atoms with Crippen molar-refractivity contribution in [2.24, 2.45) is 17.8 Å². The Balaban J connectivity index is 1.71. The first-order valence-corrected chi connectivity index (χ1v) is 7.73. The zero-order valence-electron chi connectivity index (χ0n) is 11.3. The Kier molecular flexibility index (Phi) is 3.81. The lowest BCUT2D eigenvalue weighted by Crippen LogP contribution is -2.37. The molecule has 0 spiro atoms. The van der Waals surface area contributed by atoms with E-state index in [4.69, 9.17) is 11.6 Å². The second-order valence-electron chi connectivity index (χ2n) is 6.07. The molecule has 0 radical (unpaired) electrons. The second kappa shape index (κ2) is 5.41. The van der Waals surface area contributed by atoms with E-state index >= 15 is 0 Å². The van der Waals surface area contributed by atoms with Crippen LogP contribution in [0.4, 0.5) is 4.39 Å². The van der Waals surface area contributed by atoms with E-state index in [1.165, 1.54) is 25.3 Å². The van der Waals surface area contributed by atoms with Gasteiger partial charge >= 0.3 is 0 Å². The van der Waals surface area contributed by atoms with Crippen LogP contribution < -0.4 is 5.32 Å². The fourth-order valence-electron chi connectivity index (χ4n) is 3.70. The molecule has 2 saturated carbocycles. The molecule has 2 aliphatic carbocycles. The van der Waals surface area contributed by atoms with Gasteiger partial charge in [-0.2, -0.15) is 0 Å². The Labute approximate surface area is 119 Å². The number of likely N-dealkylation sites (N-methyl/N-ethyl adjacent to an activating group) is 1. The van der Waals surface area contributed by atoms with Crippen molar-refractivity contribution in [1.82, 2.24) is 5.32 Å². The van der Waals surface area contributed by atoms with Gasteiger partial charge in [-0.15, -0.1) is 0 Å². The molecule has 3 atom stereocenters. The first kappa shape index (κ1) is 13.4. The molecule has 0 saturated heterocycles. The molecule has 0 aliphatic heterocycles. The van der Waals surface area contributed by atoms with Crippen molar-refractivity contribution in [3.63, 3.8) is 0 Å². The van der Waals surface area contributed by atoms with E-state index in [9.17, 15) is 4.39 Å². The molecule has 0 amide bonds. The van der Waals surface area contributed by atoms with Crippen molar-refractivity contribution in [2.75, 3.05) is 6.54 Å². The van der Waals surface area contributed by atoms with E-state index in [2.05, 4.69) is 12.2 Å². The van der Waals surface area contributed by atoms with Gasteiger partial charge in [-0.25, -0.2) is 4.39 Å². The number of hydrogen-bond donors (Lipinski definition) is 1. The molecule has 19 heavy (non-hydrogen) atoms. The first-order valence-electron chi connectivity index (χ1n) is 7.35. The van der Waals surface area contributed by atoms with E-state index in [0.717, 1.165) is 36.3 Å². The molecule has 1 nitrogen and oxygen atoms in total. The smallest absolute Gasteiger partial charge is 0.142 e. The highest BCUT2D eigenvalue weighted by atomic mass is 35.5. The Hall–Kier alpha value is -0.600. The quantitative estimate of drug-likeness (QED) is 0.859. The lowest BCUT2D eigenvalue weighted by molar-refractivity contribution is 0.337. The van der Waals surface area contributed by atoms with E-state index < -0.39 is 0 Å².